The van der Waals surface area contributed by atoms with E-state index in [-0.39, 0.29) is 24.0 Å². The Hall–Kier alpha value is -1.10. The van der Waals surface area contributed by atoms with E-state index in [4.69, 9.17) is 5.11 Å². The van der Waals surface area contributed by atoms with Crippen LogP contribution in [-0.4, -0.2) is 34.2 Å². The minimum Gasteiger partial charge on any atom is -0.481 e. The number of carboxylic acids is 1. The number of amides is 1. The fourth-order valence-electron chi connectivity index (χ4n) is 3.10. The lowest BCUT2D eigenvalue weighted by molar-refractivity contribution is -0.146. The van der Waals surface area contributed by atoms with Gasteiger partial charge in [0.05, 0.1) is 17.9 Å². The summed E-state index contributed by atoms with van der Waals surface area (Å²) >= 11 is 0. The van der Waals surface area contributed by atoms with Crippen LogP contribution in [0.1, 0.15) is 44.9 Å². The molecule has 2 aliphatic rings. The second-order valence-corrected chi connectivity index (χ2v) is 5.50. The first-order valence-electron chi connectivity index (χ1n) is 6.79. The number of nitrogens with one attached hydrogen (secondary N) is 1. The van der Waals surface area contributed by atoms with Crippen molar-refractivity contribution < 1.29 is 19.8 Å². The smallest absolute Gasteiger partial charge is 0.307 e. The van der Waals surface area contributed by atoms with E-state index < -0.39 is 11.9 Å². The van der Waals surface area contributed by atoms with Gasteiger partial charge in [-0.3, -0.25) is 9.59 Å². The summed E-state index contributed by atoms with van der Waals surface area (Å²) in [6, 6.07) is 0.107. The summed E-state index contributed by atoms with van der Waals surface area (Å²) in [5.74, 6) is -1.85. The maximum absolute atomic E-state index is 12.1. The van der Waals surface area contributed by atoms with Gasteiger partial charge in [0.1, 0.15) is 0 Å². The van der Waals surface area contributed by atoms with Crippen LogP contribution in [0.4, 0.5) is 0 Å². The molecule has 0 spiro atoms. The third kappa shape index (κ3) is 3.02. The SMILES string of the molecule is O=C(O)C1CCCC1C(=O)NC1CCC(O)CC1. The zero-order valence-corrected chi connectivity index (χ0v) is 10.5. The molecule has 5 heteroatoms. The highest BCUT2D eigenvalue weighted by atomic mass is 16.4. The first-order valence-corrected chi connectivity index (χ1v) is 6.79. The number of hydrogen-bond acceptors (Lipinski definition) is 3. The molecule has 0 bridgehead atoms. The highest BCUT2D eigenvalue weighted by Gasteiger charge is 2.38. The van der Waals surface area contributed by atoms with Crippen LogP contribution in [0, 0.1) is 11.8 Å². The lowest BCUT2D eigenvalue weighted by Gasteiger charge is -2.27. The van der Waals surface area contributed by atoms with Gasteiger partial charge in [-0.25, -0.2) is 0 Å². The number of aliphatic hydroxyl groups is 1. The van der Waals surface area contributed by atoms with E-state index in [0.29, 0.717) is 12.8 Å². The van der Waals surface area contributed by atoms with Crippen molar-refractivity contribution in [3.63, 3.8) is 0 Å². The molecule has 1 amide bonds. The standard InChI is InChI=1S/C13H21NO4/c15-9-6-4-8(5-7-9)14-12(16)10-2-1-3-11(10)13(17)18/h8-11,15H,1-7H2,(H,14,16)(H,17,18). The Bertz CT molecular complexity index is 323. The Morgan fingerprint density at radius 3 is 2.17 bits per heavy atom. The number of carboxylic acid groups (broad SMARTS) is 1. The summed E-state index contributed by atoms with van der Waals surface area (Å²) < 4.78 is 0. The fourth-order valence-corrected chi connectivity index (χ4v) is 3.10. The number of aliphatic hydroxyl groups excluding tert-OH is 1. The van der Waals surface area contributed by atoms with E-state index in [1.165, 1.54) is 0 Å². The molecule has 2 atom stereocenters. The van der Waals surface area contributed by atoms with Crippen LogP contribution in [0.15, 0.2) is 0 Å². The molecule has 0 heterocycles. The summed E-state index contributed by atoms with van der Waals surface area (Å²) in [5.41, 5.74) is 0. The number of hydrogen-bond donors (Lipinski definition) is 3. The molecular formula is C13H21NO4. The summed E-state index contributed by atoms with van der Waals surface area (Å²) in [4.78, 5) is 23.1. The lowest BCUT2D eigenvalue weighted by Crippen LogP contribution is -2.43. The molecule has 2 rings (SSSR count). The van der Waals surface area contributed by atoms with Gasteiger partial charge in [0.2, 0.25) is 5.91 Å². The van der Waals surface area contributed by atoms with Gasteiger partial charge in [0.15, 0.2) is 0 Å². The second kappa shape index (κ2) is 5.69. The lowest BCUT2D eigenvalue weighted by atomic mass is 9.91. The molecule has 0 radical (unpaired) electrons. The largest absolute Gasteiger partial charge is 0.481 e. The van der Waals surface area contributed by atoms with Gasteiger partial charge in [-0.15, -0.1) is 0 Å². The Morgan fingerprint density at radius 1 is 0.944 bits per heavy atom. The highest BCUT2D eigenvalue weighted by molar-refractivity contribution is 5.85. The Kier molecular flexibility index (Phi) is 4.22. The van der Waals surface area contributed by atoms with Crippen LogP contribution in [-0.2, 0) is 9.59 Å². The molecule has 2 aliphatic carbocycles. The predicted molar refractivity (Wildman–Crippen MR) is 64.9 cm³/mol. The van der Waals surface area contributed by atoms with Gasteiger partial charge in [0, 0.05) is 6.04 Å². The quantitative estimate of drug-likeness (QED) is 0.699. The molecule has 5 nitrogen and oxygen atoms in total. The molecule has 0 aromatic rings. The average molecular weight is 255 g/mol. The van der Waals surface area contributed by atoms with E-state index in [1.807, 2.05) is 0 Å². The molecule has 0 saturated heterocycles. The zero-order valence-electron chi connectivity index (χ0n) is 10.5. The average Bonchev–Trinajstić information content (AvgIpc) is 2.81. The first-order chi connectivity index (χ1) is 8.58. The molecule has 102 valence electrons. The third-order valence-corrected chi connectivity index (χ3v) is 4.21. The summed E-state index contributed by atoms with van der Waals surface area (Å²) in [6.45, 7) is 0. The number of rotatable bonds is 3. The molecule has 2 unspecified atom stereocenters. The Balaban J connectivity index is 1.86. The van der Waals surface area contributed by atoms with Gasteiger partial charge in [0.25, 0.3) is 0 Å². The van der Waals surface area contributed by atoms with Crippen molar-refractivity contribution in [2.75, 3.05) is 0 Å². The highest BCUT2D eigenvalue weighted by Crippen LogP contribution is 2.32. The van der Waals surface area contributed by atoms with Crippen molar-refractivity contribution in [3.8, 4) is 0 Å². The molecule has 0 aliphatic heterocycles. The van der Waals surface area contributed by atoms with Crippen LogP contribution in [0.5, 0.6) is 0 Å². The Labute approximate surface area is 107 Å². The van der Waals surface area contributed by atoms with Gasteiger partial charge in [-0.05, 0) is 38.5 Å². The van der Waals surface area contributed by atoms with Crippen LogP contribution in [0.25, 0.3) is 0 Å². The number of aliphatic carboxylic acids is 1. The van der Waals surface area contributed by atoms with E-state index in [2.05, 4.69) is 5.32 Å². The van der Waals surface area contributed by atoms with Gasteiger partial charge >= 0.3 is 5.97 Å². The van der Waals surface area contributed by atoms with E-state index in [9.17, 15) is 14.7 Å². The van der Waals surface area contributed by atoms with Crippen molar-refractivity contribution in [1.82, 2.24) is 5.32 Å². The topological polar surface area (TPSA) is 86.6 Å². The fraction of sp³-hybridized carbons (Fsp3) is 0.846. The van der Waals surface area contributed by atoms with Crippen molar-refractivity contribution in [1.29, 1.82) is 0 Å². The molecule has 2 saturated carbocycles. The van der Waals surface area contributed by atoms with E-state index >= 15 is 0 Å². The van der Waals surface area contributed by atoms with Crippen LogP contribution in [0.3, 0.4) is 0 Å². The van der Waals surface area contributed by atoms with Crippen LogP contribution in [0.2, 0.25) is 0 Å². The molecule has 3 N–H and O–H groups in total. The maximum atomic E-state index is 12.1. The van der Waals surface area contributed by atoms with Crippen molar-refractivity contribution in [2.24, 2.45) is 11.8 Å². The summed E-state index contributed by atoms with van der Waals surface area (Å²) in [7, 11) is 0. The molecule has 0 aromatic heterocycles. The Morgan fingerprint density at radius 2 is 1.56 bits per heavy atom. The number of carbonyl (C=O) groups is 2. The normalized spacial score (nSPS) is 36.3. The van der Waals surface area contributed by atoms with E-state index in [0.717, 1.165) is 32.1 Å². The molecule has 18 heavy (non-hydrogen) atoms. The predicted octanol–water partition coefficient (Wildman–Crippen LogP) is 0.907. The minimum absolute atomic E-state index is 0.107. The summed E-state index contributed by atoms with van der Waals surface area (Å²) in [5, 5.41) is 21.4. The molecular weight excluding hydrogens is 234 g/mol. The van der Waals surface area contributed by atoms with Gasteiger partial charge in [-0.1, -0.05) is 6.42 Å². The van der Waals surface area contributed by atoms with Crippen molar-refractivity contribution in [2.45, 2.75) is 57.1 Å². The minimum atomic E-state index is -0.855. The zero-order chi connectivity index (χ0) is 13.1. The monoisotopic (exact) mass is 255 g/mol. The number of carbonyl (C=O) groups excluding carboxylic acids is 1. The van der Waals surface area contributed by atoms with Gasteiger partial charge < -0.3 is 15.5 Å². The van der Waals surface area contributed by atoms with E-state index in [1.54, 1.807) is 0 Å². The molecule has 2 fully saturated rings. The molecule has 0 aromatic carbocycles. The van der Waals surface area contributed by atoms with Gasteiger partial charge in [-0.2, -0.15) is 0 Å². The summed E-state index contributed by atoms with van der Waals surface area (Å²) in [6.07, 6.45) is 4.88. The third-order valence-electron chi connectivity index (χ3n) is 4.21. The maximum Gasteiger partial charge on any atom is 0.307 e. The van der Waals surface area contributed by atoms with Crippen molar-refractivity contribution >= 4 is 11.9 Å². The second-order valence-electron chi connectivity index (χ2n) is 5.50. The van der Waals surface area contributed by atoms with Crippen LogP contribution < -0.4 is 5.32 Å². The van der Waals surface area contributed by atoms with Crippen molar-refractivity contribution in [3.05, 3.63) is 0 Å². The van der Waals surface area contributed by atoms with Crippen LogP contribution >= 0.6 is 0 Å². The first kappa shape index (κ1) is 13.3.